The van der Waals surface area contributed by atoms with Crippen LogP contribution in [-0.4, -0.2) is 16.0 Å². The predicted molar refractivity (Wildman–Crippen MR) is 50.1 cm³/mol. The van der Waals surface area contributed by atoms with Gasteiger partial charge in [0.15, 0.2) is 0 Å². The van der Waals surface area contributed by atoms with Gasteiger partial charge in [0.1, 0.15) is 0 Å². The Morgan fingerprint density at radius 2 is 2.07 bits per heavy atom. The van der Waals surface area contributed by atoms with Gasteiger partial charge in [-0.15, -0.1) is 0 Å². The van der Waals surface area contributed by atoms with Crippen molar-refractivity contribution in [2.75, 3.05) is 5.73 Å². The van der Waals surface area contributed by atoms with Gasteiger partial charge in [0, 0.05) is 0 Å². The quantitative estimate of drug-likeness (QED) is 0.798. The third-order valence-electron chi connectivity index (χ3n) is 2.00. The molecule has 74 valence electrons. The first-order valence-electron chi connectivity index (χ1n) is 4.17. The molecule has 0 aliphatic heterocycles. The van der Waals surface area contributed by atoms with Crippen molar-refractivity contribution in [1.29, 1.82) is 0 Å². The maximum Gasteiger partial charge on any atom is 0.256 e. The number of alkyl halides is 2. The molecule has 0 saturated heterocycles. The number of imidazole rings is 1. The molecular formula is C9H9F2N3. The summed E-state index contributed by atoms with van der Waals surface area (Å²) in [6.45, 7) is -0.410. The minimum atomic E-state index is -2.42. The Labute approximate surface area is 79.2 Å². The Hall–Kier alpha value is -1.65. The first-order valence-corrected chi connectivity index (χ1v) is 4.17. The van der Waals surface area contributed by atoms with E-state index in [0.29, 0.717) is 11.0 Å². The van der Waals surface area contributed by atoms with Gasteiger partial charge in [-0.05, 0) is 12.1 Å². The molecule has 2 aromatic rings. The molecule has 2 rings (SSSR count). The van der Waals surface area contributed by atoms with Crippen molar-refractivity contribution < 1.29 is 8.78 Å². The average Bonchev–Trinajstić information content (AvgIpc) is 2.43. The van der Waals surface area contributed by atoms with Gasteiger partial charge in [-0.25, -0.2) is 13.8 Å². The Morgan fingerprint density at radius 3 is 2.79 bits per heavy atom. The lowest BCUT2D eigenvalue weighted by atomic mass is 10.3. The second-order valence-electron chi connectivity index (χ2n) is 2.96. The van der Waals surface area contributed by atoms with Crippen molar-refractivity contribution in [3.8, 4) is 0 Å². The number of hydrogen-bond donors (Lipinski definition) is 1. The zero-order valence-corrected chi connectivity index (χ0v) is 7.32. The van der Waals surface area contributed by atoms with Gasteiger partial charge in [0.05, 0.1) is 17.6 Å². The molecule has 0 unspecified atom stereocenters. The number of anilines is 1. The number of para-hydroxylation sites is 2. The van der Waals surface area contributed by atoms with Crippen LogP contribution in [0, 0.1) is 0 Å². The molecule has 14 heavy (non-hydrogen) atoms. The van der Waals surface area contributed by atoms with Crippen molar-refractivity contribution >= 4 is 17.0 Å². The highest BCUT2D eigenvalue weighted by Crippen LogP contribution is 2.18. The Balaban J connectivity index is 2.56. The number of benzene rings is 1. The molecule has 0 saturated carbocycles. The van der Waals surface area contributed by atoms with E-state index in [0.717, 1.165) is 0 Å². The van der Waals surface area contributed by atoms with E-state index >= 15 is 0 Å². The van der Waals surface area contributed by atoms with Crippen LogP contribution >= 0.6 is 0 Å². The van der Waals surface area contributed by atoms with E-state index in [9.17, 15) is 8.78 Å². The fourth-order valence-corrected chi connectivity index (χ4v) is 1.42. The molecule has 0 atom stereocenters. The molecule has 0 aliphatic carbocycles. The van der Waals surface area contributed by atoms with E-state index in [1.54, 1.807) is 24.3 Å². The first-order chi connectivity index (χ1) is 6.68. The van der Waals surface area contributed by atoms with E-state index in [2.05, 4.69) is 4.98 Å². The van der Waals surface area contributed by atoms with Crippen molar-refractivity contribution in [3.05, 3.63) is 24.3 Å². The maximum atomic E-state index is 12.2. The summed E-state index contributed by atoms with van der Waals surface area (Å²) in [7, 11) is 0. The van der Waals surface area contributed by atoms with Crippen LogP contribution in [0.3, 0.4) is 0 Å². The number of halogens is 2. The van der Waals surface area contributed by atoms with Crippen molar-refractivity contribution in [2.45, 2.75) is 13.0 Å². The first kappa shape index (κ1) is 8.93. The van der Waals surface area contributed by atoms with Crippen LogP contribution in [0.15, 0.2) is 24.3 Å². The molecule has 2 N–H and O–H groups in total. The lowest BCUT2D eigenvalue weighted by molar-refractivity contribution is 0.128. The number of fused-ring (bicyclic) bond motifs is 1. The largest absolute Gasteiger partial charge is 0.369 e. The summed E-state index contributed by atoms with van der Waals surface area (Å²) in [5, 5.41) is 0. The van der Waals surface area contributed by atoms with Crippen molar-refractivity contribution in [1.82, 2.24) is 9.55 Å². The van der Waals surface area contributed by atoms with Crippen LogP contribution < -0.4 is 5.73 Å². The maximum absolute atomic E-state index is 12.2. The summed E-state index contributed by atoms with van der Waals surface area (Å²) in [4.78, 5) is 3.97. The van der Waals surface area contributed by atoms with Crippen LogP contribution in [-0.2, 0) is 6.54 Å². The van der Waals surface area contributed by atoms with Gasteiger partial charge in [-0.1, -0.05) is 12.1 Å². The van der Waals surface area contributed by atoms with Gasteiger partial charge in [-0.3, -0.25) is 0 Å². The molecule has 1 aromatic carbocycles. The van der Waals surface area contributed by atoms with Gasteiger partial charge in [-0.2, -0.15) is 0 Å². The number of aromatic nitrogens is 2. The summed E-state index contributed by atoms with van der Waals surface area (Å²) >= 11 is 0. The summed E-state index contributed by atoms with van der Waals surface area (Å²) in [5.41, 5.74) is 6.81. The molecule has 0 aliphatic rings. The standard InChI is InChI=1S/C9H9F2N3/c10-8(11)5-14-7-4-2-1-3-6(7)13-9(14)12/h1-4,8H,5H2,(H2,12,13). The van der Waals surface area contributed by atoms with Gasteiger partial charge >= 0.3 is 0 Å². The molecule has 0 bridgehead atoms. The summed E-state index contributed by atoms with van der Waals surface area (Å²) in [6, 6.07) is 7.03. The molecule has 0 spiro atoms. The molecule has 3 nitrogen and oxygen atoms in total. The fourth-order valence-electron chi connectivity index (χ4n) is 1.42. The topological polar surface area (TPSA) is 43.8 Å². The summed E-state index contributed by atoms with van der Waals surface area (Å²) in [5.74, 6) is 0.131. The van der Waals surface area contributed by atoms with Crippen molar-refractivity contribution in [2.24, 2.45) is 0 Å². The highest BCUT2D eigenvalue weighted by Gasteiger charge is 2.11. The number of hydrogen-bond acceptors (Lipinski definition) is 2. The van der Waals surface area contributed by atoms with Crippen molar-refractivity contribution in [3.63, 3.8) is 0 Å². The van der Waals surface area contributed by atoms with E-state index < -0.39 is 13.0 Å². The molecular weight excluding hydrogens is 188 g/mol. The number of nitrogen functional groups attached to an aromatic ring is 1. The number of rotatable bonds is 2. The smallest absolute Gasteiger partial charge is 0.256 e. The second kappa shape index (κ2) is 3.25. The number of nitrogens with zero attached hydrogens (tertiary/aromatic N) is 2. The highest BCUT2D eigenvalue weighted by molar-refractivity contribution is 5.78. The van der Waals surface area contributed by atoms with Crippen LogP contribution in [0.25, 0.3) is 11.0 Å². The van der Waals surface area contributed by atoms with Crippen LogP contribution in [0.1, 0.15) is 0 Å². The highest BCUT2D eigenvalue weighted by atomic mass is 19.3. The second-order valence-corrected chi connectivity index (χ2v) is 2.96. The summed E-state index contributed by atoms with van der Waals surface area (Å²) in [6.07, 6.45) is -2.42. The third-order valence-corrected chi connectivity index (χ3v) is 2.00. The number of nitrogens with two attached hydrogens (primary N) is 1. The molecule has 0 radical (unpaired) electrons. The Kier molecular flexibility index (Phi) is 2.07. The van der Waals surface area contributed by atoms with Crippen LogP contribution in [0.5, 0.6) is 0 Å². The van der Waals surface area contributed by atoms with E-state index in [4.69, 9.17) is 5.73 Å². The fraction of sp³-hybridized carbons (Fsp3) is 0.222. The van der Waals surface area contributed by atoms with Gasteiger partial charge in [0.25, 0.3) is 6.43 Å². The SMILES string of the molecule is Nc1nc2ccccc2n1CC(F)F. The van der Waals surface area contributed by atoms with E-state index in [1.807, 2.05) is 0 Å². The minimum absolute atomic E-state index is 0.131. The van der Waals surface area contributed by atoms with E-state index in [-0.39, 0.29) is 5.95 Å². The molecule has 5 heteroatoms. The average molecular weight is 197 g/mol. The Morgan fingerprint density at radius 1 is 1.36 bits per heavy atom. The zero-order chi connectivity index (χ0) is 10.1. The predicted octanol–water partition coefficient (Wildman–Crippen LogP) is 1.88. The third kappa shape index (κ3) is 1.41. The van der Waals surface area contributed by atoms with Crippen LogP contribution in [0.2, 0.25) is 0 Å². The lowest BCUT2D eigenvalue weighted by Gasteiger charge is -2.04. The van der Waals surface area contributed by atoms with E-state index in [1.165, 1.54) is 4.57 Å². The monoisotopic (exact) mass is 197 g/mol. The lowest BCUT2D eigenvalue weighted by Crippen LogP contribution is -2.09. The van der Waals surface area contributed by atoms with Gasteiger partial charge < -0.3 is 10.3 Å². The minimum Gasteiger partial charge on any atom is -0.369 e. The summed E-state index contributed by atoms with van der Waals surface area (Å²) < 4.78 is 25.7. The molecule has 1 aromatic heterocycles. The molecule has 0 fully saturated rings. The molecule has 1 heterocycles. The molecule has 0 amide bonds. The normalized spacial score (nSPS) is 11.4. The van der Waals surface area contributed by atoms with Gasteiger partial charge in [0.2, 0.25) is 5.95 Å². The Bertz CT molecular complexity index is 450. The zero-order valence-electron chi connectivity index (χ0n) is 7.32. The van der Waals surface area contributed by atoms with Crippen LogP contribution in [0.4, 0.5) is 14.7 Å².